The van der Waals surface area contributed by atoms with Crippen LogP contribution in [0.1, 0.15) is 0 Å². The molecule has 0 unspecified atom stereocenters. The topological polar surface area (TPSA) is 121 Å². The molecule has 6 nitrogen and oxygen atoms in total. The fourth-order valence-corrected chi connectivity index (χ4v) is 3.97. The second-order valence-electron chi connectivity index (χ2n) is 4.00. The SMILES string of the molecule is N#CC(C#N)=c1nc2ccc3nc(=C(C#N)C#N)sc3c2s1. The Bertz CT molecular complexity index is 1090. The fourth-order valence-electron chi connectivity index (χ4n) is 1.83. The summed E-state index contributed by atoms with van der Waals surface area (Å²) in [4.78, 5) is 8.56. The molecule has 2 heterocycles. The average Bonchev–Trinajstić information content (AvgIpc) is 3.13. The van der Waals surface area contributed by atoms with E-state index in [-0.39, 0.29) is 11.1 Å². The summed E-state index contributed by atoms with van der Waals surface area (Å²) < 4.78 is 2.28. The number of nitrogens with zero attached hydrogens (tertiary/aromatic N) is 6. The molecule has 3 aromatic rings. The van der Waals surface area contributed by atoms with Crippen molar-refractivity contribution < 1.29 is 0 Å². The lowest BCUT2D eigenvalue weighted by Crippen LogP contribution is -2.00. The molecule has 0 aliphatic heterocycles. The maximum atomic E-state index is 8.93. The molecule has 0 aliphatic rings. The summed E-state index contributed by atoms with van der Waals surface area (Å²) in [6, 6.07) is 10.8. The van der Waals surface area contributed by atoms with E-state index in [1.54, 1.807) is 12.1 Å². The number of thiazole rings is 2. The van der Waals surface area contributed by atoms with Crippen LogP contribution in [-0.2, 0) is 0 Å². The normalized spacial score (nSPS) is 9.64. The summed E-state index contributed by atoms with van der Waals surface area (Å²) in [6.45, 7) is 0. The smallest absolute Gasteiger partial charge is 0.165 e. The summed E-state index contributed by atoms with van der Waals surface area (Å²) in [6.07, 6.45) is 0. The van der Waals surface area contributed by atoms with Crippen molar-refractivity contribution in [1.82, 2.24) is 9.97 Å². The molecule has 0 bridgehead atoms. The number of hydrogen-bond donors (Lipinski definition) is 0. The highest BCUT2D eigenvalue weighted by atomic mass is 32.1. The van der Waals surface area contributed by atoms with Crippen LogP contribution in [0.15, 0.2) is 12.1 Å². The lowest BCUT2D eigenvalue weighted by atomic mass is 10.3. The zero-order chi connectivity index (χ0) is 15.7. The predicted octanol–water partition coefficient (Wildman–Crippen LogP) is 1.30. The van der Waals surface area contributed by atoms with Gasteiger partial charge in [0.15, 0.2) is 11.1 Å². The van der Waals surface area contributed by atoms with Gasteiger partial charge in [0.2, 0.25) is 0 Å². The molecule has 0 aliphatic carbocycles. The molecular weight excluding hydrogens is 316 g/mol. The van der Waals surface area contributed by atoms with Crippen LogP contribution in [0.3, 0.4) is 0 Å². The van der Waals surface area contributed by atoms with E-state index in [0.717, 1.165) is 9.40 Å². The second kappa shape index (κ2) is 5.24. The maximum absolute atomic E-state index is 8.93. The molecule has 3 rings (SSSR count). The largest absolute Gasteiger partial charge is 0.234 e. The number of aromatic nitrogens is 2. The fraction of sp³-hybridized carbons (Fsp3) is 0. The first-order valence-electron chi connectivity index (χ1n) is 5.77. The van der Waals surface area contributed by atoms with Crippen molar-refractivity contribution in [1.29, 1.82) is 21.0 Å². The van der Waals surface area contributed by atoms with Gasteiger partial charge in [0.05, 0.1) is 20.4 Å². The quantitative estimate of drug-likeness (QED) is 0.616. The van der Waals surface area contributed by atoms with E-state index in [0.29, 0.717) is 20.4 Å². The van der Waals surface area contributed by atoms with Crippen LogP contribution in [-0.4, -0.2) is 9.97 Å². The van der Waals surface area contributed by atoms with Crippen molar-refractivity contribution in [3.8, 4) is 24.3 Å². The van der Waals surface area contributed by atoms with Gasteiger partial charge in [-0.25, -0.2) is 9.97 Å². The van der Waals surface area contributed by atoms with Gasteiger partial charge in [0.1, 0.15) is 33.6 Å². The number of rotatable bonds is 0. The van der Waals surface area contributed by atoms with Gasteiger partial charge in [-0.2, -0.15) is 21.0 Å². The second-order valence-corrected chi connectivity index (χ2v) is 6.00. The minimum absolute atomic E-state index is 0.0413. The van der Waals surface area contributed by atoms with Gasteiger partial charge in [-0.1, -0.05) is 0 Å². The first-order valence-corrected chi connectivity index (χ1v) is 7.40. The molecule has 0 atom stereocenters. The highest BCUT2D eigenvalue weighted by molar-refractivity contribution is 7.25. The number of fused-ring (bicyclic) bond motifs is 3. The average molecular weight is 318 g/mol. The molecule has 0 fully saturated rings. The van der Waals surface area contributed by atoms with E-state index in [1.807, 2.05) is 24.3 Å². The molecule has 0 saturated heterocycles. The van der Waals surface area contributed by atoms with Crippen LogP contribution < -0.4 is 9.33 Å². The Hall–Kier alpha value is -3.30. The van der Waals surface area contributed by atoms with E-state index in [4.69, 9.17) is 21.0 Å². The molecule has 0 amide bonds. The molecule has 100 valence electrons. The van der Waals surface area contributed by atoms with Gasteiger partial charge in [0, 0.05) is 0 Å². The summed E-state index contributed by atoms with van der Waals surface area (Å²) in [5.74, 6) is 0. The number of nitriles is 4. The van der Waals surface area contributed by atoms with Crippen LogP contribution in [0.5, 0.6) is 0 Å². The zero-order valence-electron chi connectivity index (χ0n) is 10.7. The molecule has 0 N–H and O–H groups in total. The molecule has 1 aromatic carbocycles. The van der Waals surface area contributed by atoms with Gasteiger partial charge in [-0.3, -0.25) is 0 Å². The Morgan fingerprint density at radius 1 is 0.727 bits per heavy atom. The minimum atomic E-state index is -0.0413. The molecule has 0 radical (unpaired) electrons. The Labute approximate surface area is 131 Å². The highest BCUT2D eigenvalue weighted by Gasteiger charge is 2.11. The Kier molecular flexibility index (Phi) is 3.26. The van der Waals surface area contributed by atoms with Gasteiger partial charge in [0.25, 0.3) is 0 Å². The third kappa shape index (κ3) is 1.97. The van der Waals surface area contributed by atoms with E-state index in [9.17, 15) is 0 Å². The minimum Gasteiger partial charge on any atom is -0.234 e. The Morgan fingerprint density at radius 3 is 1.41 bits per heavy atom. The van der Waals surface area contributed by atoms with Crippen LogP contribution in [0.2, 0.25) is 0 Å². The van der Waals surface area contributed by atoms with Crippen LogP contribution in [0.25, 0.3) is 31.6 Å². The van der Waals surface area contributed by atoms with Crippen molar-refractivity contribution in [3.05, 3.63) is 21.5 Å². The van der Waals surface area contributed by atoms with Gasteiger partial charge in [-0.05, 0) is 12.1 Å². The van der Waals surface area contributed by atoms with Crippen LogP contribution in [0, 0.1) is 45.3 Å². The summed E-state index contributed by atoms with van der Waals surface area (Å²) in [7, 11) is 0. The van der Waals surface area contributed by atoms with Crippen molar-refractivity contribution in [2.45, 2.75) is 0 Å². The zero-order valence-corrected chi connectivity index (χ0v) is 12.3. The van der Waals surface area contributed by atoms with Crippen molar-refractivity contribution in [2.24, 2.45) is 0 Å². The Balaban J connectivity index is 2.50. The summed E-state index contributed by atoms with van der Waals surface area (Å²) >= 11 is 2.45. The first-order chi connectivity index (χ1) is 10.7. The van der Waals surface area contributed by atoms with Crippen molar-refractivity contribution in [3.63, 3.8) is 0 Å². The molecule has 0 spiro atoms. The van der Waals surface area contributed by atoms with E-state index < -0.39 is 0 Å². The third-order valence-corrected chi connectivity index (χ3v) is 5.13. The van der Waals surface area contributed by atoms with Crippen molar-refractivity contribution >= 4 is 54.3 Å². The maximum Gasteiger partial charge on any atom is 0.165 e. The molecular formula is C14H2N6S2. The molecule has 2 aromatic heterocycles. The van der Waals surface area contributed by atoms with E-state index in [1.165, 1.54) is 22.7 Å². The van der Waals surface area contributed by atoms with Gasteiger partial charge < -0.3 is 0 Å². The highest BCUT2D eigenvalue weighted by Crippen LogP contribution is 2.27. The van der Waals surface area contributed by atoms with Crippen molar-refractivity contribution in [2.75, 3.05) is 0 Å². The number of hydrogen-bond acceptors (Lipinski definition) is 8. The monoisotopic (exact) mass is 318 g/mol. The van der Waals surface area contributed by atoms with Crippen LogP contribution in [0.4, 0.5) is 0 Å². The first kappa shape index (κ1) is 13.7. The molecule has 8 heteroatoms. The predicted molar refractivity (Wildman–Crippen MR) is 81.3 cm³/mol. The summed E-state index contributed by atoms with van der Waals surface area (Å²) in [5, 5.41) is 35.7. The lowest BCUT2D eigenvalue weighted by molar-refractivity contribution is 1.39. The third-order valence-electron chi connectivity index (χ3n) is 2.79. The van der Waals surface area contributed by atoms with E-state index >= 15 is 0 Å². The summed E-state index contributed by atoms with van der Waals surface area (Å²) in [5.41, 5.74) is 1.23. The number of benzene rings is 1. The molecule has 0 saturated carbocycles. The van der Waals surface area contributed by atoms with Gasteiger partial charge >= 0.3 is 0 Å². The van der Waals surface area contributed by atoms with E-state index in [2.05, 4.69) is 9.97 Å². The standard InChI is InChI=1S/C14H2N6S2/c15-3-7(4-16)13-19-9-1-2-10-12(11(9)21-13)22-14(20-10)8(5-17)6-18/h1-2H. The van der Waals surface area contributed by atoms with Gasteiger partial charge in [-0.15, -0.1) is 22.7 Å². The van der Waals surface area contributed by atoms with Crippen LogP contribution >= 0.6 is 22.7 Å². The molecule has 22 heavy (non-hydrogen) atoms. The Morgan fingerprint density at radius 2 is 1.09 bits per heavy atom. The lowest BCUT2D eigenvalue weighted by Gasteiger charge is -1.87.